The van der Waals surface area contributed by atoms with Gasteiger partial charge in [-0.3, -0.25) is 0 Å². The molecule has 0 aliphatic heterocycles. The average molecular weight is 217 g/mol. The van der Waals surface area contributed by atoms with Crippen molar-refractivity contribution >= 4 is 23.2 Å². The van der Waals surface area contributed by atoms with Crippen LogP contribution in [0.1, 0.15) is 26.7 Å². The van der Waals surface area contributed by atoms with E-state index >= 15 is 0 Å². The van der Waals surface area contributed by atoms with Crippen molar-refractivity contribution in [1.82, 2.24) is 10.2 Å². The highest BCUT2D eigenvalue weighted by atomic mass is 32.1. The predicted octanol–water partition coefficient (Wildman–Crippen LogP) is 1.10. The van der Waals surface area contributed by atoms with Gasteiger partial charge in [0.05, 0.1) is 4.99 Å². The van der Waals surface area contributed by atoms with Gasteiger partial charge in [-0.25, -0.2) is 4.79 Å². The molecular formula is C9H19N3OS. The van der Waals surface area contributed by atoms with Crippen molar-refractivity contribution in [2.45, 2.75) is 26.7 Å². The van der Waals surface area contributed by atoms with E-state index in [0.717, 1.165) is 6.42 Å². The summed E-state index contributed by atoms with van der Waals surface area (Å²) in [5.74, 6) is 0. The number of carbonyl (C=O) groups excluding carboxylic acids is 1. The Labute approximate surface area is 90.8 Å². The number of nitrogens with zero attached hydrogens (tertiary/aromatic N) is 1. The van der Waals surface area contributed by atoms with Crippen molar-refractivity contribution < 1.29 is 4.79 Å². The fourth-order valence-electron chi connectivity index (χ4n) is 0.992. The van der Waals surface area contributed by atoms with Crippen LogP contribution >= 0.6 is 12.2 Å². The monoisotopic (exact) mass is 217 g/mol. The number of carbonyl (C=O) groups is 1. The molecule has 0 radical (unpaired) electrons. The molecule has 0 aromatic carbocycles. The first-order valence-electron chi connectivity index (χ1n) is 4.92. The van der Waals surface area contributed by atoms with Crippen LogP contribution < -0.4 is 11.1 Å². The Kier molecular flexibility index (Phi) is 7.10. The first-order valence-corrected chi connectivity index (χ1v) is 5.33. The summed E-state index contributed by atoms with van der Waals surface area (Å²) in [7, 11) is 0. The summed E-state index contributed by atoms with van der Waals surface area (Å²) in [6.07, 6.45) is 1.53. The number of nitrogens with two attached hydrogens (primary N) is 1. The van der Waals surface area contributed by atoms with E-state index in [4.69, 9.17) is 18.0 Å². The van der Waals surface area contributed by atoms with Crippen molar-refractivity contribution in [3.8, 4) is 0 Å². The molecule has 0 bridgehead atoms. The minimum absolute atomic E-state index is 0.0365. The Bertz CT molecular complexity index is 196. The summed E-state index contributed by atoms with van der Waals surface area (Å²) in [6.45, 7) is 5.94. The Morgan fingerprint density at radius 1 is 1.50 bits per heavy atom. The van der Waals surface area contributed by atoms with Gasteiger partial charge in [-0.15, -0.1) is 0 Å². The topological polar surface area (TPSA) is 58.4 Å². The van der Waals surface area contributed by atoms with Gasteiger partial charge in [0, 0.05) is 26.1 Å². The molecule has 0 atom stereocenters. The molecule has 0 saturated heterocycles. The molecule has 0 aliphatic carbocycles. The molecule has 4 nitrogen and oxygen atoms in total. The van der Waals surface area contributed by atoms with Crippen molar-refractivity contribution in [2.24, 2.45) is 5.73 Å². The lowest BCUT2D eigenvalue weighted by Gasteiger charge is -2.20. The van der Waals surface area contributed by atoms with Gasteiger partial charge >= 0.3 is 6.03 Å². The molecule has 2 amide bonds. The number of hydrogen-bond acceptors (Lipinski definition) is 2. The first kappa shape index (κ1) is 13.2. The van der Waals surface area contributed by atoms with Crippen LogP contribution in [0.2, 0.25) is 0 Å². The van der Waals surface area contributed by atoms with Crippen LogP contribution in [-0.2, 0) is 0 Å². The van der Waals surface area contributed by atoms with E-state index < -0.39 is 0 Å². The number of urea groups is 1. The summed E-state index contributed by atoms with van der Waals surface area (Å²) in [5.41, 5.74) is 5.37. The summed E-state index contributed by atoms with van der Waals surface area (Å²) in [6, 6.07) is -0.0365. The van der Waals surface area contributed by atoms with Crippen LogP contribution in [-0.4, -0.2) is 35.6 Å². The maximum Gasteiger partial charge on any atom is 0.317 e. The molecule has 0 unspecified atom stereocenters. The van der Waals surface area contributed by atoms with E-state index in [1.807, 2.05) is 13.8 Å². The number of amides is 2. The smallest absolute Gasteiger partial charge is 0.317 e. The predicted molar refractivity (Wildman–Crippen MR) is 62.3 cm³/mol. The molecule has 14 heavy (non-hydrogen) atoms. The molecule has 5 heteroatoms. The molecule has 0 spiro atoms. The van der Waals surface area contributed by atoms with Crippen LogP contribution in [0.15, 0.2) is 0 Å². The van der Waals surface area contributed by atoms with Gasteiger partial charge in [0.15, 0.2) is 0 Å². The zero-order valence-electron chi connectivity index (χ0n) is 8.88. The third-order valence-corrected chi connectivity index (χ3v) is 2.03. The lowest BCUT2D eigenvalue weighted by molar-refractivity contribution is 0.202. The van der Waals surface area contributed by atoms with Crippen molar-refractivity contribution in [3.63, 3.8) is 0 Å². The fraction of sp³-hybridized carbons (Fsp3) is 0.778. The van der Waals surface area contributed by atoms with Gasteiger partial charge in [0.25, 0.3) is 0 Å². The van der Waals surface area contributed by atoms with E-state index in [1.54, 1.807) is 4.90 Å². The highest BCUT2D eigenvalue weighted by Crippen LogP contribution is 1.93. The number of nitrogens with one attached hydrogen (secondary N) is 1. The number of hydrogen-bond donors (Lipinski definition) is 2. The summed E-state index contributed by atoms with van der Waals surface area (Å²) >= 11 is 4.76. The largest absolute Gasteiger partial charge is 0.393 e. The molecule has 0 rings (SSSR count). The van der Waals surface area contributed by atoms with Crippen LogP contribution in [0.4, 0.5) is 4.79 Å². The lowest BCUT2D eigenvalue weighted by atomic mass is 10.4. The highest BCUT2D eigenvalue weighted by molar-refractivity contribution is 7.80. The van der Waals surface area contributed by atoms with E-state index in [0.29, 0.717) is 31.0 Å². The third-order valence-electron chi connectivity index (χ3n) is 1.82. The van der Waals surface area contributed by atoms with E-state index in [9.17, 15) is 4.79 Å². The van der Waals surface area contributed by atoms with Gasteiger partial charge in [-0.05, 0) is 13.3 Å². The maximum atomic E-state index is 11.5. The van der Waals surface area contributed by atoms with E-state index in [2.05, 4.69) is 5.32 Å². The summed E-state index contributed by atoms with van der Waals surface area (Å²) < 4.78 is 0. The molecule has 82 valence electrons. The second-order valence-corrected chi connectivity index (χ2v) is 3.55. The van der Waals surface area contributed by atoms with Crippen molar-refractivity contribution in [2.75, 3.05) is 19.6 Å². The molecule has 3 N–H and O–H groups in total. The zero-order chi connectivity index (χ0) is 11.0. The molecule has 0 heterocycles. The Morgan fingerprint density at radius 2 is 2.14 bits per heavy atom. The molecular weight excluding hydrogens is 198 g/mol. The first-order chi connectivity index (χ1) is 6.61. The normalized spacial score (nSPS) is 9.57. The van der Waals surface area contributed by atoms with Crippen molar-refractivity contribution in [3.05, 3.63) is 0 Å². The minimum Gasteiger partial charge on any atom is -0.393 e. The highest BCUT2D eigenvalue weighted by Gasteiger charge is 2.09. The van der Waals surface area contributed by atoms with Gasteiger partial charge in [0.1, 0.15) is 0 Å². The van der Waals surface area contributed by atoms with Gasteiger partial charge in [0.2, 0.25) is 0 Å². The van der Waals surface area contributed by atoms with Gasteiger partial charge < -0.3 is 16.0 Å². The quantitative estimate of drug-likeness (QED) is 0.655. The van der Waals surface area contributed by atoms with Crippen LogP contribution in [0.5, 0.6) is 0 Å². The average Bonchev–Trinajstić information content (AvgIpc) is 2.15. The van der Waals surface area contributed by atoms with Gasteiger partial charge in [-0.1, -0.05) is 19.1 Å². The van der Waals surface area contributed by atoms with Crippen LogP contribution in [0.3, 0.4) is 0 Å². The molecule has 0 fully saturated rings. The summed E-state index contributed by atoms with van der Waals surface area (Å²) in [4.78, 5) is 13.6. The molecule has 0 saturated carbocycles. The lowest BCUT2D eigenvalue weighted by Crippen LogP contribution is -2.41. The number of thiocarbonyl (C=S) groups is 1. The van der Waals surface area contributed by atoms with Crippen LogP contribution in [0, 0.1) is 0 Å². The zero-order valence-corrected chi connectivity index (χ0v) is 9.69. The van der Waals surface area contributed by atoms with E-state index in [-0.39, 0.29) is 6.03 Å². The van der Waals surface area contributed by atoms with E-state index in [1.165, 1.54) is 0 Å². The molecule has 0 aromatic heterocycles. The third kappa shape index (κ3) is 5.75. The van der Waals surface area contributed by atoms with Gasteiger partial charge in [-0.2, -0.15) is 0 Å². The van der Waals surface area contributed by atoms with Crippen LogP contribution in [0.25, 0.3) is 0 Å². The maximum absolute atomic E-state index is 11.5. The van der Waals surface area contributed by atoms with Crippen molar-refractivity contribution in [1.29, 1.82) is 0 Å². The minimum atomic E-state index is -0.0365. The molecule has 0 aromatic rings. The second-order valence-electron chi connectivity index (χ2n) is 3.03. The Hall–Kier alpha value is -0.840. The Morgan fingerprint density at radius 3 is 2.57 bits per heavy atom. The standard InChI is InChI=1S/C9H19N3OS/c1-3-6-11-9(13)12(4-2)7-5-8(10)14/h3-7H2,1-2H3,(H2,10,14)(H,11,13). The molecule has 0 aliphatic rings. The SMILES string of the molecule is CCCNC(=O)N(CC)CCC(N)=S. The second kappa shape index (κ2) is 7.55. The Balaban J connectivity index is 3.86. The fourth-order valence-corrected chi connectivity index (χ4v) is 1.08. The summed E-state index contributed by atoms with van der Waals surface area (Å²) in [5, 5.41) is 2.81. The number of rotatable bonds is 6.